The molecule has 2 aromatic carbocycles. The average molecular weight is 491 g/mol. The van der Waals surface area contributed by atoms with E-state index in [1.807, 2.05) is 17.0 Å². The Morgan fingerprint density at radius 1 is 1.00 bits per heavy atom. The fourth-order valence-corrected chi connectivity index (χ4v) is 5.11. The van der Waals surface area contributed by atoms with Crippen LogP contribution in [0, 0.1) is 17.6 Å². The maximum Gasteiger partial charge on any atom is 0.222 e. The number of halogens is 3. The van der Waals surface area contributed by atoms with E-state index >= 15 is 0 Å². The lowest BCUT2D eigenvalue weighted by atomic mass is 10.0. The SMILES string of the molecule is O=C(CCC1CCCC1)N1CCN(CC(OCc2c(F)cccc2F)c2ccc(Cl)cc2)CC1. The average Bonchev–Trinajstić information content (AvgIpc) is 3.36. The molecule has 0 aromatic heterocycles. The molecule has 2 aromatic rings. The third kappa shape index (κ3) is 6.77. The highest BCUT2D eigenvalue weighted by Gasteiger charge is 2.25. The van der Waals surface area contributed by atoms with Crippen LogP contribution in [0.5, 0.6) is 0 Å². The number of hydrogen-bond donors (Lipinski definition) is 0. The number of hydrogen-bond acceptors (Lipinski definition) is 3. The Morgan fingerprint density at radius 3 is 2.29 bits per heavy atom. The van der Waals surface area contributed by atoms with Gasteiger partial charge in [-0.2, -0.15) is 0 Å². The molecule has 1 saturated carbocycles. The van der Waals surface area contributed by atoms with Crippen molar-refractivity contribution in [3.8, 4) is 0 Å². The van der Waals surface area contributed by atoms with Gasteiger partial charge in [-0.3, -0.25) is 9.69 Å². The van der Waals surface area contributed by atoms with Crippen molar-refractivity contribution < 1.29 is 18.3 Å². The summed E-state index contributed by atoms with van der Waals surface area (Å²) in [7, 11) is 0. The first kappa shape index (κ1) is 25.1. The van der Waals surface area contributed by atoms with E-state index in [-0.39, 0.29) is 24.2 Å². The monoisotopic (exact) mass is 490 g/mol. The number of ether oxygens (including phenoxy) is 1. The van der Waals surface area contributed by atoms with Gasteiger partial charge in [-0.15, -0.1) is 0 Å². The molecule has 4 nitrogen and oxygen atoms in total. The van der Waals surface area contributed by atoms with Crippen molar-refractivity contribution in [2.45, 2.75) is 51.2 Å². The molecule has 2 aliphatic rings. The quantitative estimate of drug-likeness (QED) is 0.433. The van der Waals surface area contributed by atoms with Crippen molar-refractivity contribution in [1.29, 1.82) is 0 Å². The first-order valence-corrected chi connectivity index (χ1v) is 12.7. The minimum Gasteiger partial charge on any atom is -0.367 e. The van der Waals surface area contributed by atoms with Crippen molar-refractivity contribution in [2.75, 3.05) is 32.7 Å². The predicted molar refractivity (Wildman–Crippen MR) is 130 cm³/mol. The maximum absolute atomic E-state index is 14.1. The lowest BCUT2D eigenvalue weighted by Crippen LogP contribution is -2.49. The van der Waals surface area contributed by atoms with Crippen molar-refractivity contribution in [3.05, 3.63) is 70.2 Å². The molecule has 1 unspecified atom stereocenters. The fraction of sp³-hybridized carbons (Fsp3) is 0.519. The van der Waals surface area contributed by atoms with Crippen molar-refractivity contribution in [1.82, 2.24) is 9.80 Å². The van der Waals surface area contributed by atoms with Crippen LogP contribution in [0.2, 0.25) is 5.02 Å². The molecule has 184 valence electrons. The highest BCUT2D eigenvalue weighted by molar-refractivity contribution is 6.30. The third-order valence-corrected chi connectivity index (χ3v) is 7.37. The van der Waals surface area contributed by atoms with Crippen molar-refractivity contribution in [3.63, 3.8) is 0 Å². The Kier molecular flexibility index (Phi) is 8.92. The van der Waals surface area contributed by atoms with Crippen LogP contribution in [0.25, 0.3) is 0 Å². The third-order valence-electron chi connectivity index (χ3n) is 7.12. The number of rotatable bonds is 9. The van der Waals surface area contributed by atoms with Gasteiger partial charge >= 0.3 is 0 Å². The van der Waals surface area contributed by atoms with Gasteiger partial charge in [-0.1, -0.05) is 55.5 Å². The summed E-state index contributed by atoms with van der Waals surface area (Å²) in [6, 6.07) is 11.2. The lowest BCUT2D eigenvalue weighted by Gasteiger charge is -2.36. The van der Waals surface area contributed by atoms with E-state index in [1.54, 1.807) is 12.1 Å². The second-order valence-corrected chi connectivity index (χ2v) is 9.86. The van der Waals surface area contributed by atoms with Crippen LogP contribution in [0.3, 0.4) is 0 Å². The molecular weight excluding hydrogens is 458 g/mol. The minimum absolute atomic E-state index is 0.0702. The van der Waals surface area contributed by atoms with E-state index in [4.69, 9.17) is 16.3 Å². The molecule has 1 saturated heterocycles. The number of piperazine rings is 1. The molecule has 0 spiro atoms. The molecule has 1 aliphatic carbocycles. The molecule has 2 fully saturated rings. The second-order valence-electron chi connectivity index (χ2n) is 9.42. The van der Waals surface area contributed by atoms with Gasteiger partial charge in [-0.25, -0.2) is 8.78 Å². The Labute approximate surface area is 205 Å². The van der Waals surface area contributed by atoms with Gasteiger partial charge in [0.05, 0.1) is 12.7 Å². The van der Waals surface area contributed by atoms with Crippen LogP contribution < -0.4 is 0 Å². The number of amides is 1. The molecule has 1 aliphatic heterocycles. The predicted octanol–water partition coefficient (Wildman–Crippen LogP) is 5.99. The number of benzene rings is 2. The summed E-state index contributed by atoms with van der Waals surface area (Å²) in [5, 5.41) is 0.618. The number of nitrogens with zero attached hydrogens (tertiary/aromatic N) is 2. The van der Waals surface area contributed by atoms with E-state index in [1.165, 1.54) is 43.9 Å². The Morgan fingerprint density at radius 2 is 1.65 bits per heavy atom. The second kappa shape index (κ2) is 12.1. The molecule has 0 bridgehead atoms. The van der Waals surface area contributed by atoms with Gasteiger partial charge in [0.15, 0.2) is 0 Å². The highest BCUT2D eigenvalue weighted by atomic mass is 35.5. The minimum atomic E-state index is -0.611. The molecule has 34 heavy (non-hydrogen) atoms. The van der Waals surface area contributed by atoms with E-state index < -0.39 is 11.6 Å². The molecule has 1 heterocycles. The van der Waals surface area contributed by atoms with E-state index in [0.717, 1.165) is 31.0 Å². The van der Waals surface area contributed by atoms with Crippen LogP contribution in [0.4, 0.5) is 8.78 Å². The molecule has 1 atom stereocenters. The van der Waals surface area contributed by atoms with Gasteiger partial charge in [-0.05, 0) is 42.2 Å². The standard InChI is InChI=1S/C27H33ClF2N2O2/c28-22-11-9-21(10-12-22)26(34-19-23-24(29)6-3-7-25(23)30)18-31-14-16-32(17-15-31)27(33)13-8-20-4-1-2-5-20/h3,6-7,9-12,20,26H,1-2,4-5,8,13-19H2. The Hall–Kier alpha value is -2.02. The molecule has 4 rings (SSSR count). The lowest BCUT2D eigenvalue weighted by molar-refractivity contribution is -0.133. The number of carbonyl (C=O) groups is 1. The zero-order valence-electron chi connectivity index (χ0n) is 19.5. The Bertz CT molecular complexity index is 922. The van der Waals surface area contributed by atoms with Gasteiger partial charge in [0, 0.05) is 49.7 Å². The zero-order chi connectivity index (χ0) is 23.9. The summed E-state index contributed by atoms with van der Waals surface area (Å²) in [6.45, 7) is 3.29. The van der Waals surface area contributed by atoms with Crippen LogP contribution in [-0.2, 0) is 16.1 Å². The maximum atomic E-state index is 14.1. The smallest absolute Gasteiger partial charge is 0.222 e. The summed E-state index contributed by atoms with van der Waals surface area (Å²) in [5.41, 5.74) is 0.829. The Balaban J connectivity index is 1.33. The van der Waals surface area contributed by atoms with Crippen LogP contribution in [0.1, 0.15) is 55.8 Å². The van der Waals surface area contributed by atoms with E-state index in [0.29, 0.717) is 31.1 Å². The summed E-state index contributed by atoms with van der Waals surface area (Å²) in [5.74, 6) is -0.243. The molecule has 1 amide bonds. The first-order valence-electron chi connectivity index (χ1n) is 12.3. The molecule has 7 heteroatoms. The van der Waals surface area contributed by atoms with Crippen LogP contribution >= 0.6 is 11.6 Å². The molecule has 0 radical (unpaired) electrons. The van der Waals surface area contributed by atoms with E-state index in [2.05, 4.69) is 4.90 Å². The van der Waals surface area contributed by atoms with Crippen LogP contribution in [-0.4, -0.2) is 48.4 Å². The summed E-state index contributed by atoms with van der Waals surface area (Å²) in [4.78, 5) is 16.9. The summed E-state index contributed by atoms with van der Waals surface area (Å²) in [6.07, 6.45) is 6.43. The highest BCUT2D eigenvalue weighted by Crippen LogP contribution is 2.29. The van der Waals surface area contributed by atoms with Crippen molar-refractivity contribution >= 4 is 17.5 Å². The van der Waals surface area contributed by atoms with Gasteiger partial charge in [0.25, 0.3) is 0 Å². The normalized spacial score (nSPS) is 18.4. The van der Waals surface area contributed by atoms with Gasteiger partial charge in [0.2, 0.25) is 5.91 Å². The molecular formula is C27H33ClF2N2O2. The summed E-state index contributed by atoms with van der Waals surface area (Å²) >= 11 is 6.05. The van der Waals surface area contributed by atoms with Crippen LogP contribution in [0.15, 0.2) is 42.5 Å². The fourth-order valence-electron chi connectivity index (χ4n) is 4.99. The number of carbonyl (C=O) groups excluding carboxylic acids is 1. The van der Waals surface area contributed by atoms with Gasteiger partial charge in [0.1, 0.15) is 11.6 Å². The molecule has 0 N–H and O–H groups in total. The largest absolute Gasteiger partial charge is 0.367 e. The zero-order valence-corrected chi connectivity index (χ0v) is 20.3. The van der Waals surface area contributed by atoms with Crippen molar-refractivity contribution in [2.24, 2.45) is 5.92 Å². The topological polar surface area (TPSA) is 32.8 Å². The first-order chi connectivity index (χ1) is 16.5. The summed E-state index contributed by atoms with van der Waals surface area (Å²) < 4.78 is 34.3. The van der Waals surface area contributed by atoms with Gasteiger partial charge < -0.3 is 9.64 Å². The van der Waals surface area contributed by atoms with E-state index in [9.17, 15) is 13.6 Å².